The van der Waals surface area contributed by atoms with E-state index < -0.39 is 10.0 Å². The average Bonchev–Trinajstić information content (AvgIpc) is 3.02. The molecule has 0 aliphatic carbocycles. The van der Waals surface area contributed by atoms with Gasteiger partial charge in [-0.05, 0) is 32.1 Å². The van der Waals surface area contributed by atoms with Crippen LogP contribution in [-0.4, -0.2) is 46.9 Å². The van der Waals surface area contributed by atoms with Crippen LogP contribution in [0.5, 0.6) is 0 Å². The Morgan fingerprint density at radius 1 is 1.38 bits per heavy atom. The Balaban J connectivity index is 1.87. The highest BCUT2D eigenvalue weighted by molar-refractivity contribution is 7.89. The molecule has 2 saturated heterocycles. The lowest BCUT2D eigenvalue weighted by Gasteiger charge is -2.36. The summed E-state index contributed by atoms with van der Waals surface area (Å²) in [7, 11) is -1.69. The van der Waals surface area contributed by atoms with Crippen LogP contribution in [-0.2, 0) is 17.1 Å². The second-order valence-corrected chi connectivity index (χ2v) is 8.09. The van der Waals surface area contributed by atoms with Crippen molar-refractivity contribution >= 4 is 10.0 Å². The number of hydrogen-bond acceptors (Lipinski definition) is 4. The van der Waals surface area contributed by atoms with Crippen molar-refractivity contribution < 1.29 is 8.42 Å². The van der Waals surface area contributed by atoms with Crippen molar-refractivity contribution in [2.45, 2.75) is 62.2 Å². The van der Waals surface area contributed by atoms with Crippen LogP contribution in [0.1, 0.15) is 39.0 Å². The van der Waals surface area contributed by atoms with Crippen LogP contribution < -0.4 is 5.32 Å². The molecule has 0 aromatic carbocycles. The van der Waals surface area contributed by atoms with Crippen LogP contribution >= 0.6 is 0 Å². The normalized spacial score (nSPS) is 29.2. The number of rotatable bonds is 5. The molecule has 0 spiro atoms. The molecule has 2 aliphatic rings. The molecule has 3 rings (SSSR count). The van der Waals surface area contributed by atoms with Crippen molar-refractivity contribution in [1.82, 2.24) is 19.2 Å². The number of nitrogens with zero attached hydrogens (tertiary/aromatic N) is 3. The van der Waals surface area contributed by atoms with E-state index in [0.717, 1.165) is 19.3 Å². The van der Waals surface area contributed by atoms with E-state index in [4.69, 9.17) is 0 Å². The highest BCUT2D eigenvalue weighted by Crippen LogP contribution is 2.32. The van der Waals surface area contributed by atoms with Gasteiger partial charge in [-0.1, -0.05) is 6.92 Å². The van der Waals surface area contributed by atoms with E-state index >= 15 is 0 Å². The molecule has 7 heteroatoms. The molecule has 0 radical (unpaired) electrons. The number of nitrogens with one attached hydrogen (secondary N) is 1. The van der Waals surface area contributed by atoms with Crippen LogP contribution in [0.25, 0.3) is 0 Å². The predicted molar refractivity (Wildman–Crippen MR) is 80.4 cm³/mol. The second kappa shape index (κ2) is 5.70. The van der Waals surface area contributed by atoms with Gasteiger partial charge in [0, 0.05) is 37.9 Å². The van der Waals surface area contributed by atoms with Gasteiger partial charge in [-0.2, -0.15) is 4.31 Å². The minimum absolute atomic E-state index is 0.107. The lowest BCUT2D eigenvalue weighted by atomic mass is 10.00. The number of imidazole rings is 1. The highest BCUT2D eigenvalue weighted by atomic mass is 32.2. The maximum Gasteiger partial charge on any atom is 0.262 e. The Morgan fingerprint density at radius 3 is 2.57 bits per heavy atom. The van der Waals surface area contributed by atoms with Crippen molar-refractivity contribution in [1.29, 1.82) is 0 Å². The molecule has 1 aromatic heterocycles. The van der Waals surface area contributed by atoms with E-state index in [9.17, 15) is 8.42 Å². The van der Waals surface area contributed by atoms with Crippen LogP contribution in [0.15, 0.2) is 17.6 Å². The summed E-state index contributed by atoms with van der Waals surface area (Å²) in [5, 5.41) is 3.74. The van der Waals surface area contributed by atoms with E-state index in [2.05, 4.69) is 10.3 Å². The van der Waals surface area contributed by atoms with Gasteiger partial charge in [0.15, 0.2) is 5.03 Å². The maximum absolute atomic E-state index is 12.9. The lowest BCUT2D eigenvalue weighted by Crippen LogP contribution is -2.50. The Kier molecular flexibility index (Phi) is 4.07. The summed E-state index contributed by atoms with van der Waals surface area (Å²) in [6.07, 6.45) is 8.14. The Bertz CT molecular complexity index is 586. The van der Waals surface area contributed by atoms with E-state index in [1.165, 1.54) is 12.8 Å². The van der Waals surface area contributed by atoms with E-state index in [0.29, 0.717) is 18.6 Å². The number of aromatic nitrogens is 2. The van der Waals surface area contributed by atoms with E-state index in [1.807, 2.05) is 6.92 Å². The number of sulfonamides is 1. The van der Waals surface area contributed by atoms with Gasteiger partial charge in [0.2, 0.25) is 0 Å². The first-order valence-corrected chi connectivity index (χ1v) is 9.20. The number of fused-ring (bicyclic) bond motifs is 2. The van der Waals surface area contributed by atoms with Crippen LogP contribution in [0.3, 0.4) is 0 Å². The fraction of sp³-hybridized carbons (Fsp3) is 0.786. The van der Waals surface area contributed by atoms with Gasteiger partial charge in [0.05, 0.1) is 6.33 Å². The van der Waals surface area contributed by atoms with E-state index in [-0.39, 0.29) is 11.1 Å². The summed E-state index contributed by atoms with van der Waals surface area (Å²) < 4.78 is 29.2. The zero-order valence-corrected chi connectivity index (χ0v) is 13.5. The fourth-order valence-corrected chi connectivity index (χ4v) is 5.33. The SMILES string of the molecule is CCCN(C1CC2CCC(C1)N2)S(=O)(=O)c1cn(C)cn1. The van der Waals surface area contributed by atoms with Gasteiger partial charge in [-0.15, -0.1) is 0 Å². The molecule has 2 bridgehead atoms. The van der Waals surface area contributed by atoms with Crippen molar-refractivity contribution in [3.8, 4) is 0 Å². The Morgan fingerprint density at radius 2 is 2.05 bits per heavy atom. The zero-order valence-electron chi connectivity index (χ0n) is 12.7. The molecular formula is C14H24N4O2S. The van der Waals surface area contributed by atoms with Gasteiger partial charge < -0.3 is 9.88 Å². The third-order valence-electron chi connectivity index (χ3n) is 4.55. The maximum atomic E-state index is 12.9. The van der Waals surface area contributed by atoms with Crippen LogP contribution in [0, 0.1) is 0 Å². The Hall–Kier alpha value is -0.920. The third-order valence-corrected chi connectivity index (χ3v) is 6.39. The van der Waals surface area contributed by atoms with Crippen molar-refractivity contribution in [3.63, 3.8) is 0 Å². The summed E-state index contributed by atoms with van der Waals surface area (Å²) in [4.78, 5) is 4.06. The molecule has 3 heterocycles. The number of hydrogen-bond donors (Lipinski definition) is 1. The minimum atomic E-state index is -3.49. The molecule has 1 N–H and O–H groups in total. The topological polar surface area (TPSA) is 67.2 Å². The Labute approximate surface area is 126 Å². The summed E-state index contributed by atoms with van der Waals surface area (Å²) in [6.45, 7) is 2.60. The molecule has 0 saturated carbocycles. The van der Waals surface area contributed by atoms with Crippen molar-refractivity contribution in [2.24, 2.45) is 7.05 Å². The van der Waals surface area contributed by atoms with Gasteiger partial charge in [0.25, 0.3) is 10.0 Å². The van der Waals surface area contributed by atoms with Gasteiger partial charge in [0.1, 0.15) is 0 Å². The van der Waals surface area contributed by atoms with Crippen molar-refractivity contribution in [3.05, 3.63) is 12.5 Å². The molecule has 6 nitrogen and oxygen atoms in total. The molecule has 118 valence electrons. The number of aryl methyl sites for hydroxylation is 1. The summed E-state index contributed by atoms with van der Waals surface area (Å²) >= 11 is 0. The summed E-state index contributed by atoms with van der Waals surface area (Å²) in [5.74, 6) is 0. The quantitative estimate of drug-likeness (QED) is 0.884. The van der Waals surface area contributed by atoms with Crippen molar-refractivity contribution in [2.75, 3.05) is 6.54 Å². The monoisotopic (exact) mass is 312 g/mol. The van der Waals surface area contributed by atoms with Gasteiger partial charge in [-0.3, -0.25) is 0 Å². The highest BCUT2D eigenvalue weighted by Gasteiger charge is 2.40. The second-order valence-electron chi connectivity index (χ2n) is 6.26. The molecule has 2 atom stereocenters. The fourth-order valence-electron chi connectivity index (χ4n) is 3.62. The number of piperidine rings is 1. The zero-order chi connectivity index (χ0) is 15.0. The first kappa shape index (κ1) is 15.0. The molecule has 2 fully saturated rings. The molecule has 2 unspecified atom stereocenters. The van der Waals surface area contributed by atoms with Crippen LogP contribution in [0.4, 0.5) is 0 Å². The molecule has 0 amide bonds. The van der Waals surface area contributed by atoms with E-state index in [1.54, 1.807) is 28.4 Å². The van der Waals surface area contributed by atoms with Gasteiger partial charge >= 0.3 is 0 Å². The molecular weight excluding hydrogens is 288 g/mol. The largest absolute Gasteiger partial charge is 0.339 e. The van der Waals surface area contributed by atoms with Crippen LogP contribution in [0.2, 0.25) is 0 Å². The minimum Gasteiger partial charge on any atom is -0.339 e. The third kappa shape index (κ3) is 2.86. The molecule has 2 aliphatic heterocycles. The van der Waals surface area contributed by atoms with Gasteiger partial charge in [-0.25, -0.2) is 13.4 Å². The first-order valence-electron chi connectivity index (χ1n) is 7.76. The molecule has 1 aromatic rings. The smallest absolute Gasteiger partial charge is 0.262 e. The predicted octanol–water partition coefficient (Wildman–Crippen LogP) is 1.10. The standard InChI is InChI=1S/C14H24N4O2S/c1-3-6-18(13-7-11-4-5-12(8-13)16-11)21(19,20)14-9-17(2)10-15-14/h9-13,16H,3-8H2,1-2H3. The molecule has 21 heavy (non-hydrogen) atoms. The first-order chi connectivity index (χ1) is 10.0. The summed E-state index contributed by atoms with van der Waals surface area (Å²) in [5.41, 5.74) is 0. The average molecular weight is 312 g/mol. The lowest BCUT2D eigenvalue weighted by molar-refractivity contribution is 0.225. The summed E-state index contributed by atoms with van der Waals surface area (Å²) in [6, 6.07) is 1.06.